The Balaban J connectivity index is 1.59. The van der Waals surface area contributed by atoms with E-state index in [2.05, 4.69) is 21.0 Å². The molecule has 0 fully saturated rings. The van der Waals surface area contributed by atoms with E-state index >= 15 is 0 Å². The van der Waals surface area contributed by atoms with Crippen molar-refractivity contribution in [2.24, 2.45) is 5.10 Å². The Labute approximate surface area is 188 Å². The third-order valence-electron chi connectivity index (χ3n) is 4.69. The normalized spacial score (nSPS) is 14.9. The van der Waals surface area contributed by atoms with Crippen molar-refractivity contribution in [2.75, 3.05) is 5.01 Å². The number of carbonyl (C=O) groups excluding carboxylic acids is 1. The molecule has 0 saturated heterocycles. The van der Waals surface area contributed by atoms with Crippen molar-refractivity contribution < 1.29 is 9.53 Å². The Morgan fingerprint density at radius 1 is 1.03 bits per heavy atom. The first kappa shape index (κ1) is 20.4. The molecule has 0 atom stereocenters. The van der Waals surface area contributed by atoms with Crippen molar-refractivity contribution >= 4 is 50.9 Å². The lowest BCUT2D eigenvalue weighted by Crippen LogP contribution is -2.21. The lowest BCUT2D eigenvalue weighted by Gasteiger charge is -2.12. The number of halogens is 2. The van der Waals surface area contributed by atoms with E-state index in [1.807, 2.05) is 85.8 Å². The molecule has 1 heterocycles. The summed E-state index contributed by atoms with van der Waals surface area (Å²) in [6, 6.07) is 22.6. The monoisotopic (exact) mass is 480 g/mol. The predicted molar refractivity (Wildman–Crippen MR) is 125 cm³/mol. The zero-order valence-electron chi connectivity index (χ0n) is 16.2. The van der Waals surface area contributed by atoms with E-state index in [0.29, 0.717) is 34.4 Å². The van der Waals surface area contributed by atoms with Gasteiger partial charge in [0.2, 0.25) is 0 Å². The molecule has 0 bridgehead atoms. The van der Waals surface area contributed by atoms with Gasteiger partial charge in [-0.15, -0.1) is 0 Å². The first-order valence-corrected chi connectivity index (χ1v) is 10.5. The van der Waals surface area contributed by atoms with Crippen LogP contribution in [0.1, 0.15) is 18.1 Å². The third kappa shape index (κ3) is 4.32. The number of anilines is 1. The summed E-state index contributed by atoms with van der Waals surface area (Å²) < 4.78 is 6.95. The summed E-state index contributed by atoms with van der Waals surface area (Å²) in [5.74, 6) is 0.503. The average Bonchev–Trinajstić information content (AvgIpc) is 3.03. The summed E-state index contributed by atoms with van der Waals surface area (Å²) in [6.07, 6.45) is 1.82. The fourth-order valence-electron chi connectivity index (χ4n) is 3.10. The highest BCUT2D eigenvalue weighted by Gasteiger charge is 2.28. The number of amides is 1. The maximum Gasteiger partial charge on any atom is 0.280 e. The van der Waals surface area contributed by atoms with Gasteiger partial charge < -0.3 is 4.74 Å². The van der Waals surface area contributed by atoms with Crippen molar-refractivity contribution in [3.8, 4) is 5.75 Å². The highest BCUT2D eigenvalue weighted by Crippen LogP contribution is 2.29. The average molecular weight is 482 g/mol. The maximum atomic E-state index is 13.0. The van der Waals surface area contributed by atoms with Gasteiger partial charge in [-0.05, 0) is 49.4 Å². The number of carbonyl (C=O) groups is 1. The van der Waals surface area contributed by atoms with Gasteiger partial charge in [-0.2, -0.15) is 10.1 Å². The number of ether oxygens (including phenoxy) is 1. The fraction of sp³-hybridized carbons (Fsp3) is 0.0833. The highest BCUT2D eigenvalue weighted by atomic mass is 79.9. The lowest BCUT2D eigenvalue weighted by atomic mass is 10.1. The Morgan fingerprint density at radius 3 is 2.50 bits per heavy atom. The van der Waals surface area contributed by atoms with Gasteiger partial charge in [0.1, 0.15) is 12.4 Å². The molecule has 3 aromatic carbocycles. The second-order valence-electron chi connectivity index (χ2n) is 6.75. The van der Waals surface area contributed by atoms with E-state index in [1.54, 1.807) is 0 Å². The Morgan fingerprint density at radius 2 is 1.73 bits per heavy atom. The Bertz CT molecular complexity index is 1160. The molecule has 150 valence electrons. The number of benzene rings is 3. The standard InChI is InChI=1S/C24H18BrClN2O2/c1-16-21(24(29)28(27-16)20-12-10-19(25)11-13-20)14-17-6-3-5-9-23(17)30-15-18-7-2-4-8-22(18)26/h2-14H,15H2,1H3/b21-14-. The van der Waals surface area contributed by atoms with Crippen LogP contribution in [0.15, 0.2) is 87.9 Å². The van der Waals surface area contributed by atoms with Crippen molar-refractivity contribution in [1.82, 2.24) is 0 Å². The van der Waals surface area contributed by atoms with Gasteiger partial charge in [-0.3, -0.25) is 4.79 Å². The first-order valence-electron chi connectivity index (χ1n) is 9.35. The van der Waals surface area contributed by atoms with E-state index in [-0.39, 0.29) is 5.91 Å². The second-order valence-corrected chi connectivity index (χ2v) is 8.08. The smallest absolute Gasteiger partial charge is 0.280 e. The number of hydrogen-bond acceptors (Lipinski definition) is 3. The van der Waals surface area contributed by atoms with Crippen LogP contribution in [0.3, 0.4) is 0 Å². The number of nitrogens with zero attached hydrogens (tertiary/aromatic N) is 2. The minimum Gasteiger partial charge on any atom is -0.488 e. The quantitative estimate of drug-likeness (QED) is 0.391. The molecule has 0 spiro atoms. The molecule has 1 amide bonds. The molecule has 4 nitrogen and oxygen atoms in total. The Hall–Kier alpha value is -2.89. The minimum absolute atomic E-state index is 0.171. The SMILES string of the molecule is CC1=NN(c2ccc(Br)cc2)C(=O)/C1=C\c1ccccc1OCc1ccccc1Cl. The van der Waals surface area contributed by atoms with Crippen LogP contribution in [-0.4, -0.2) is 11.6 Å². The molecule has 1 aliphatic rings. The van der Waals surface area contributed by atoms with Gasteiger partial charge in [0.25, 0.3) is 5.91 Å². The van der Waals surface area contributed by atoms with Crippen molar-refractivity contribution in [3.63, 3.8) is 0 Å². The van der Waals surface area contributed by atoms with E-state index in [0.717, 1.165) is 15.6 Å². The molecule has 3 aromatic rings. The molecule has 0 saturated carbocycles. The van der Waals surface area contributed by atoms with Crippen LogP contribution >= 0.6 is 27.5 Å². The van der Waals surface area contributed by atoms with Crippen LogP contribution in [-0.2, 0) is 11.4 Å². The Kier molecular flexibility index (Phi) is 6.02. The van der Waals surface area contributed by atoms with E-state index in [4.69, 9.17) is 16.3 Å². The zero-order valence-corrected chi connectivity index (χ0v) is 18.5. The molecular weight excluding hydrogens is 464 g/mol. The van der Waals surface area contributed by atoms with Crippen molar-refractivity contribution in [1.29, 1.82) is 0 Å². The maximum absolute atomic E-state index is 13.0. The topological polar surface area (TPSA) is 41.9 Å². The molecule has 30 heavy (non-hydrogen) atoms. The molecule has 4 rings (SSSR count). The van der Waals surface area contributed by atoms with E-state index in [1.165, 1.54) is 5.01 Å². The van der Waals surface area contributed by atoms with Crippen molar-refractivity contribution in [3.05, 3.63) is 99.0 Å². The number of rotatable bonds is 5. The molecule has 6 heteroatoms. The van der Waals surface area contributed by atoms with E-state index < -0.39 is 0 Å². The molecule has 0 unspecified atom stereocenters. The van der Waals surface area contributed by atoms with Crippen molar-refractivity contribution in [2.45, 2.75) is 13.5 Å². The van der Waals surface area contributed by atoms with Gasteiger partial charge >= 0.3 is 0 Å². The van der Waals surface area contributed by atoms with Crippen LogP contribution in [0.2, 0.25) is 5.02 Å². The van der Waals surface area contributed by atoms with E-state index in [9.17, 15) is 4.79 Å². The predicted octanol–water partition coefficient (Wildman–Crippen LogP) is 6.49. The number of hydrogen-bond donors (Lipinski definition) is 0. The van der Waals surface area contributed by atoms with Crippen LogP contribution in [0.4, 0.5) is 5.69 Å². The summed E-state index contributed by atoms with van der Waals surface area (Å²) in [7, 11) is 0. The molecule has 0 N–H and O–H groups in total. The largest absolute Gasteiger partial charge is 0.488 e. The fourth-order valence-corrected chi connectivity index (χ4v) is 3.55. The molecule has 0 aromatic heterocycles. The molecule has 0 radical (unpaired) electrons. The summed E-state index contributed by atoms with van der Waals surface area (Å²) in [5, 5.41) is 6.52. The minimum atomic E-state index is -0.171. The van der Waals surface area contributed by atoms with Gasteiger partial charge in [-0.1, -0.05) is 63.9 Å². The van der Waals surface area contributed by atoms with Gasteiger partial charge in [0.15, 0.2) is 0 Å². The number of hydrazone groups is 1. The summed E-state index contributed by atoms with van der Waals surface area (Å²) in [6.45, 7) is 2.17. The number of para-hydroxylation sites is 1. The van der Waals surface area contributed by atoms with Gasteiger partial charge in [-0.25, -0.2) is 0 Å². The molecular formula is C24H18BrClN2O2. The summed E-state index contributed by atoms with van der Waals surface area (Å²) in [5.41, 5.74) is 3.61. The van der Waals surface area contributed by atoms with Crippen LogP contribution in [0.25, 0.3) is 6.08 Å². The zero-order chi connectivity index (χ0) is 21.1. The summed E-state index contributed by atoms with van der Waals surface area (Å²) in [4.78, 5) is 13.0. The van der Waals surface area contributed by atoms with Crippen LogP contribution in [0, 0.1) is 0 Å². The third-order valence-corrected chi connectivity index (χ3v) is 5.59. The summed E-state index contributed by atoms with van der Waals surface area (Å²) >= 11 is 9.64. The van der Waals surface area contributed by atoms with Gasteiger partial charge in [0, 0.05) is 20.6 Å². The molecule has 1 aliphatic heterocycles. The lowest BCUT2D eigenvalue weighted by molar-refractivity contribution is -0.114. The van der Waals surface area contributed by atoms with Gasteiger partial charge in [0.05, 0.1) is 17.0 Å². The molecule has 0 aliphatic carbocycles. The highest BCUT2D eigenvalue weighted by molar-refractivity contribution is 9.10. The second kappa shape index (κ2) is 8.86. The van der Waals surface area contributed by atoms with Crippen LogP contribution < -0.4 is 9.75 Å². The first-order chi connectivity index (χ1) is 14.5. The van der Waals surface area contributed by atoms with Crippen LogP contribution in [0.5, 0.6) is 5.75 Å².